The fourth-order valence-corrected chi connectivity index (χ4v) is 1.04. The number of carboxylic acids is 1. The van der Waals surface area contributed by atoms with Gasteiger partial charge in [-0.15, -0.1) is 0 Å². The van der Waals surface area contributed by atoms with Gasteiger partial charge < -0.3 is 5.11 Å². The second-order valence-corrected chi connectivity index (χ2v) is 2.69. The summed E-state index contributed by atoms with van der Waals surface area (Å²) in [7, 11) is 0. The summed E-state index contributed by atoms with van der Waals surface area (Å²) in [6, 6.07) is 0. The summed E-state index contributed by atoms with van der Waals surface area (Å²) in [5, 5.41) is 8.20. The average molecular weight is 168 g/mol. The third-order valence-corrected chi connectivity index (χ3v) is 1.71. The lowest BCUT2D eigenvalue weighted by atomic mass is 10.0. The van der Waals surface area contributed by atoms with Gasteiger partial charge in [-0.1, -0.05) is 0 Å². The molecule has 1 aliphatic carbocycles. The van der Waals surface area contributed by atoms with Crippen molar-refractivity contribution in [2.45, 2.75) is 19.0 Å². The molecule has 0 amide bonds. The SMILES string of the molecule is O=C(O)[C@H](C1CC1)C(F)(F)F. The lowest BCUT2D eigenvalue weighted by Gasteiger charge is -2.14. The quantitative estimate of drug-likeness (QED) is 0.680. The maximum Gasteiger partial charge on any atom is 0.402 e. The van der Waals surface area contributed by atoms with Crippen molar-refractivity contribution in [3.8, 4) is 0 Å². The molecule has 5 heteroatoms. The van der Waals surface area contributed by atoms with Crippen LogP contribution in [0.15, 0.2) is 0 Å². The van der Waals surface area contributed by atoms with E-state index in [4.69, 9.17) is 5.11 Å². The standard InChI is InChI=1S/C6H7F3O2/c7-6(8,9)4(5(10)11)3-1-2-3/h3-4H,1-2H2,(H,10,11)/t4-/m0/s1. The molecule has 0 aliphatic heterocycles. The molecule has 0 unspecified atom stereocenters. The summed E-state index contributed by atoms with van der Waals surface area (Å²) in [6.45, 7) is 0. The number of rotatable bonds is 2. The number of carbonyl (C=O) groups is 1. The maximum absolute atomic E-state index is 11.9. The largest absolute Gasteiger partial charge is 0.481 e. The predicted octanol–water partition coefficient (Wildman–Crippen LogP) is 1.66. The van der Waals surface area contributed by atoms with Crippen LogP contribution in [0.1, 0.15) is 12.8 Å². The minimum absolute atomic E-state index is 0.385. The highest BCUT2D eigenvalue weighted by molar-refractivity contribution is 5.71. The Kier molecular flexibility index (Phi) is 1.82. The number of carboxylic acid groups (broad SMARTS) is 1. The van der Waals surface area contributed by atoms with Crippen LogP contribution in [0.5, 0.6) is 0 Å². The Morgan fingerprint density at radius 3 is 2.00 bits per heavy atom. The van der Waals surface area contributed by atoms with Crippen LogP contribution in [0.4, 0.5) is 13.2 Å². The van der Waals surface area contributed by atoms with Gasteiger partial charge in [-0.2, -0.15) is 13.2 Å². The first-order valence-corrected chi connectivity index (χ1v) is 3.22. The van der Waals surface area contributed by atoms with Crippen molar-refractivity contribution in [1.29, 1.82) is 0 Å². The summed E-state index contributed by atoms with van der Waals surface area (Å²) < 4.78 is 35.6. The van der Waals surface area contributed by atoms with Gasteiger partial charge in [-0.05, 0) is 18.8 Å². The van der Waals surface area contributed by atoms with Gasteiger partial charge in [0.2, 0.25) is 0 Å². The van der Waals surface area contributed by atoms with E-state index in [0.717, 1.165) is 0 Å². The summed E-state index contributed by atoms with van der Waals surface area (Å²) in [5.74, 6) is -4.56. The zero-order valence-electron chi connectivity index (χ0n) is 5.56. The number of hydrogen-bond donors (Lipinski definition) is 1. The molecule has 11 heavy (non-hydrogen) atoms. The number of halogens is 3. The summed E-state index contributed by atoms with van der Waals surface area (Å²) >= 11 is 0. The van der Waals surface area contributed by atoms with E-state index < -0.39 is 24.0 Å². The first-order chi connectivity index (χ1) is 4.93. The minimum atomic E-state index is -4.58. The second-order valence-electron chi connectivity index (χ2n) is 2.69. The van der Waals surface area contributed by atoms with Crippen molar-refractivity contribution in [2.75, 3.05) is 0 Å². The van der Waals surface area contributed by atoms with E-state index in [0.29, 0.717) is 12.8 Å². The van der Waals surface area contributed by atoms with Crippen LogP contribution in [0, 0.1) is 11.8 Å². The van der Waals surface area contributed by atoms with E-state index in [1.54, 1.807) is 0 Å². The molecule has 0 aromatic carbocycles. The van der Waals surface area contributed by atoms with Crippen LogP contribution in [0.3, 0.4) is 0 Å². The molecule has 0 saturated heterocycles. The molecule has 2 nitrogen and oxygen atoms in total. The molecular weight excluding hydrogens is 161 g/mol. The normalized spacial score (nSPS) is 21.4. The average Bonchev–Trinajstić information content (AvgIpc) is 2.42. The Balaban J connectivity index is 2.66. The van der Waals surface area contributed by atoms with Gasteiger partial charge in [0.15, 0.2) is 5.92 Å². The van der Waals surface area contributed by atoms with Crippen LogP contribution in [0.2, 0.25) is 0 Å². The Morgan fingerprint density at radius 1 is 1.45 bits per heavy atom. The summed E-state index contributed by atoms with van der Waals surface area (Å²) in [5.41, 5.74) is 0. The lowest BCUT2D eigenvalue weighted by molar-refractivity contribution is -0.197. The molecule has 64 valence electrons. The Morgan fingerprint density at radius 2 is 1.91 bits per heavy atom. The monoisotopic (exact) mass is 168 g/mol. The Hall–Kier alpha value is -0.740. The van der Waals surface area contributed by atoms with E-state index in [1.165, 1.54) is 0 Å². The minimum Gasteiger partial charge on any atom is -0.481 e. The molecule has 1 N–H and O–H groups in total. The van der Waals surface area contributed by atoms with E-state index in [9.17, 15) is 18.0 Å². The highest BCUT2D eigenvalue weighted by atomic mass is 19.4. The van der Waals surface area contributed by atoms with Gasteiger partial charge in [0.05, 0.1) is 0 Å². The van der Waals surface area contributed by atoms with Crippen molar-refractivity contribution in [3.63, 3.8) is 0 Å². The maximum atomic E-state index is 11.9. The third-order valence-electron chi connectivity index (χ3n) is 1.71. The molecular formula is C6H7F3O2. The first kappa shape index (κ1) is 8.36. The zero-order valence-corrected chi connectivity index (χ0v) is 5.56. The van der Waals surface area contributed by atoms with Crippen LogP contribution < -0.4 is 0 Å². The highest BCUT2D eigenvalue weighted by Gasteiger charge is 2.53. The van der Waals surface area contributed by atoms with E-state index in [2.05, 4.69) is 0 Å². The molecule has 0 heterocycles. The Labute approximate surface area is 61.0 Å². The summed E-state index contributed by atoms with van der Waals surface area (Å²) in [6.07, 6.45) is -3.81. The van der Waals surface area contributed by atoms with Gasteiger partial charge in [0, 0.05) is 0 Å². The molecule has 1 aliphatic rings. The molecule has 1 rings (SSSR count). The van der Waals surface area contributed by atoms with Gasteiger partial charge in [0.1, 0.15) is 0 Å². The molecule has 0 bridgehead atoms. The van der Waals surface area contributed by atoms with Gasteiger partial charge in [-0.3, -0.25) is 4.79 Å². The zero-order chi connectivity index (χ0) is 8.65. The number of alkyl halides is 3. The summed E-state index contributed by atoms with van der Waals surface area (Å²) in [4.78, 5) is 10.1. The van der Waals surface area contributed by atoms with E-state index >= 15 is 0 Å². The number of aliphatic carboxylic acids is 1. The van der Waals surface area contributed by atoms with Crippen LogP contribution in [-0.4, -0.2) is 17.3 Å². The molecule has 0 aromatic heterocycles. The van der Waals surface area contributed by atoms with E-state index in [1.807, 2.05) is 0 Å². The van der Waals surface area contributed by atoms with Gasteiger partial charge in [-0.25, -0.2) is 0 Å². The molecule has 1 saturated carbocycles. The fourth-order valence-electron chi connectivity index (χ4n) is 1.04. The van der Waals surface area contributed by atoms with Crippen molar-refractivity contribution < 1.29 is 23.1 Å². The third kappa shape index (κ3) is 1.85. The number of hydrogen-bond acceptors (Lipinski definition) is 1. The molecule has 0 aromatic rings. The van der Waals surface area contributed by atoms with Crippen LogP contribution in [0.25, 0.3) is 0 Å². The van der Waals surface area contributed by atoms with Crippen molar-refractivity contribution in [3.05, 3.63) is 0 Å². The molecule has 0 spiro atoms. The van der Waals surface area contributed by atoms with Crippen molar-refractivity contribution >= 4 is 5.97 Å². The molecule has 0 radical (unpaired) electrons. The Bertz CT molecular complexity index is 171. The smallest absolute Gasteiger partial charge is 0.402 e. The molecule has 1 atom stereocenters. The highest BCUT2D eigenvalue weighted by Crippen LogP contribution is 2.45. The first-order valence-electron chi connectivity index (χ1n) is 3.22. The van der Waals surface area contributed by atoms with Crippen LogP contribution >= 0.6 is 0 Å². The molecule has 1 fully saturated rings. The van der Waals surface area contributed by atoms with Gasteiger partial charge in [0.25, 0.3) is 0 Å². The fraction of sp³-hybridized carbons (Fsp3) is 0.833. The predicted molar refractivity (Wildman–Crippen MR) is 29.9 cm³/mol. The second kappa shape index (κ2) is 2.39. The van der Waals surface area contributed by atoms with E-state index in [-0.39, 0.29) is 0 Å². The van der Waals surface area contributed by atoms with Gasteiger partial charge >= 0.3 is 12.1 Å². The van der Waals surface area contributed by atoms with Crippen molar-refractivity contribution in [2.24, 2.45) is 11.8 Å². The van der Waals surface area contributed by atoms with Crippen LogP contribution in [-0.2, 0) is 4.79 Å². The topological polar surface area (TPSA) is 37.3 Å². The lowest BCUT2D eigenvalue weighted by Crippen LogP contribution is -2.32. The van der Waals surface area contributed by atoms with Crippen molar-refractivity contribution in [1.82, 2.24) is 0 Å².